The Labute approximate surface area is 247 Å². The van der Waals surface area contributed by atoms with Crippen molar-refractivity contribution < 1.29 is 19.4 Å². The summed E-state index contributed by atoms with van der Waals surface area (Å²) < 4.78 is 6.47. The van der Waals surface area contributed by atoms with Gasteiger partial charge >= 0.3 is 5.97 Å². The molecule has 2 aliphatic carbocycles. The number of aromatic carboxylic acids is 1. The van der Waals surface area contributed by atoms with Crippen molar-refractivity contribution in [2.24, 2.45) is 17.3 Å². The fourth-order valence-electron chi connectivity index (χ4n) is 6.00. The van der Waals surface area contributed by atoms with Gasteiger partial charge in [0.25, 0.3) is 0 Å². The van der Waals surface area contributed by atoms with Crippen LogP contribution in [0.5, 0.6) is 5.75 Å². The average Bonchev–Trinajstić information content (AvgIpc) is 3.37. The highest BCUT2D eigenvalue weighted by Crippen LogP contribution is 2.39. The highest BCUT2D eigenvalue weighted by Gasteiger charge is 2.38. The summed E-state index contributed by atoms with van der Waals surface area (Å²) in [7, 11) is 0. The molecule has 1 aromatic carbocycles. The summed E-state index contributed by atoms with van der Waals surface area (Å²) in [5.41, 5.74) is 1.20. The van der Waals surface area contributed by atoms with Crippen molar-refractivity contribution in [2.75, 3.05) is 4.90 Å². The van der Waals surface area contributed by atoms with Crippen molar-refractivity contribution in [3.05, 3.63) is 52.3 Å². The number of carbonyl (C=O) groups excluding carboxylic acids is 1. The van der Waals surface area contributed by atoms with E-state index < -0.39 is 5.97 Å². The molecule has 0 atom stereocenters. The molecule has 2 heterocycles. The van der Waals surface area contributed by atoms with Gasteiger partial charge in [0.1, 0.15) is 10.6 Å². The summed E-state index contributed by atoms with van der Waals surface area (Å²) in [6.45, 7) is 8.33. The van der Waals surface area contributed by atoms with Crippen LogP contribution in [0.4, 0.5) is 5.69 Å². The number of para-hydroxylation sites is 1. The normalized spacial score (nSPS) is 22.9. The molecule has 0 radical (unpaired) electrons. The molecule has 0 unspecified atom stereocenters. The third-order valence-electron chi connectivity index (χ3n) is 8.24. The first-order valence-electron chi connectivity index (χ1n) is 14.8. The molecular formula is C34H40N2O4S. The third kappa shape index (κ3) is 6.93. The van der Waals surface area contributed by atoms with Crippen molar-refractivity contribution in [3.8, 4) is 17.6 Å². The number of anilines is 1. The summed E-state index contributed by atoms with van der Waals surface area (Å²) in [6.07, 6.45) is 8.65. The molecule has 0 aliphatic heterocycles. The molecule has 41 heavy (non-hydrogen) atoms. The lowest BCUT2D eigenvalue weighted by Crippen LogP contribution is -2.47. The molecule has 216 valence electrons. The van der Waals surface area contributed by atoms with Crippen LogP contribution in [-0.2, 0) is 4.79 Å². The molecule has 5 rings (SSSR count). The molecule has 0 bridgehead atoms. The Hall–Kier alpha value is -3.37. The molecule has 2 aromatic heterocycles. The van der Waals surface area contributed by atoms with Gasteiger partial charge in [-0.05, 0) is 102 Å². The first-order chi connectivity index (χ1) is 19.6. The maximum absolute atomic E-state index is 14.2. The third-order valence-corrected chi connectivity index (χ3v) is 9.27. The number of ether oxygens (including phenoxy) is 1. The number of hydrogen-bond acceptors (Lipinski definition) is 5. The number of aromatic nitrogens is 1. The number of carboxylic acid groups (broad SMARTS) is 1. The predicted molar refractivity (Wildman–Crippen MR) is 165 cm³/mol. The number of benzene rings is 1. The van der Waals surface area contributed by atoms with Crippen LogP contribution in [0.2, 0.25) is 0 Å². The molecule has 2 fully saturated rings. The van der Waals surface area contributed by atoms with E-state index in [1.54, 1.807) is 6.20 Å². The lowest BCUT2D eigenvalue weighted by Gasteiger charge is -2.39. The van der Waals surface area contributed by atoms with Crippen molar-refractivity contribution in [2.45, 2.75) is 91.2 Å². The van der Waals surface area contributed by atoms with Gasteiger partial charge in [0.05, 0.1) is 22.2 Å². The second-order valence-corrected chi connectivity index (χ2v) is 13.7. The Balaban J connectivity index is 1.41. The number of thiophene rings is 1. The van der Waals surface area contributed by atoms with Crippen LogP contribution in [0.1, 0.15) is 93.6 Å². The minimum absolute atomic E-state index is 0.0270. The number of hydrogen-bond donors (Lipinski definition) is 1. The van der Waals surface area contributed by atoms with E-state index in [1.807, 2.05) is 62.1 Å². The maximum atomic E-state index is 14.2. The SMILES string of the molecule is CC1CCC(C(=O)N(c2cc(C#CC(C)(C)C)sc2C(=O)O)[C@H]2CC[C@H](Oc3ccnc4ccccc34)CC2)CC1. The minimum Gasteiger partial charge on any atom is -0.490 e. The van der Waals surface area contributed by atoms with Gasteiger partial charge in [0.2, 0.25) is 5.91 Å². The van der Waals surface area contributed by atoms with E-state index in [9.17, 15) is 14.7 Å². The van der Waals surface area contributed by atoms with Crippen molar-refractivity contribution in [1.29, 1.82) is 0 Å². The second kappa shape index (κ2) is 12.2. The molecule has 0 spiro atoms. The predicted octanol–water partition coefficient (Wildman–Crippen LogP) is 7.94. The van der Waals surface area contributed by atoms with Crippen molar-refractivity contribution in [1.82, 2.24) is 4.98 Å². The van der Waals surface area contributed by atoms with E-state index in [-0.39, 0.29) is 34.3 Å². The summed E-state index contributed by atoms with van der Waals surface area (Å²) in [6, 6.07) is 11.6. The van der Waals surface area contributed by atoms with Crippen LogP contribution in [0.15, 0.2) is 42.6 Å². The number of amides is 1. The summed E-state index contributed by atoms with van der Waals surface area (Å²) in [5.74, 6) is 6.83. The standard InChI is InChI=1S/C34H40N2O4S/c1-22-9-11-23(12-10-22)32(37)36(29-21-26(17-19-34(2,3)4)41-31(29)33(38)39)24-13-15-25(16-14-24)40-30-18-20-35-28-8-6-5-7-27(28)30/h5-8,18,20-25H,9-16H2,1-4H3,(H,38,39)/t22?,23?,24-,25-. The highest BCUT2D eigenvalue weighted by molar-refractivity contribution is 7.15. The first kappa shape index (κ1) is 29.1. The first-order valence-corrected chi connectivity index (χ1v) is 15.6. The van der Waals surface area contributed by atoms with Gasteiger partial charge in [0, 0.05) is 29.0 Å². The van der Waals surface area contributed by atoms with Gasteiger partial charge in [-0.3, -0.25) is 9.78 Å². The summed E-state index contributed by atoms with van der Waals surface area (Å²) >= 11 is 1.17. The average molecular weight is 573 g/mol. The number of rotatable bonds is 6. The molecule has 3 aromatic rings. The number of carboxylic acids is 1. The Kier molecular flexibility index (Phi) is 8.70. The van der Waals surface area contributed by atoms with Crippen LogP contribution < -0.4 is 9.64 Å². The van der Waals surface area contributed by atoms with Crippen molar-refractivity contribution >= 4 is 39.8 Å². The quantitative estimate of drug-likeness (QED) is 0.303. The number of carbonyl (C=O) groups is 2. The van der Waals surface area contributed by atoms with Gasteiger partial charge in [-0.2, -0.15) is 0 Å². The molecule has 6 nitrogen and oxygen atoms in total. The van der Waals surface area contributed by atoms with Crippen LogP contribution in [-0.4, -0.2) is 34.1 Å². The highest BCUT2D eigenvalue weighted by atomic mass is 32.1. The van der Waals surface area contributed by atoms with Crippen LogP contribution in [0.3, 0.4) is 0 Å². The summed E-state index contributed by atoms with van der Waals surface area (Å²) in [4.78, 5) is 33.8. The van der Waals surface area contributed by atoms with Crippen molar-refractivity contribution in [3.63, 3.8) is 0 Å². The molecule has 2 aliphatic rings. The number of nitrogens with zero attached hydrogens (tertiary/aromatic N) is 2. The largest absolute Gasteiger partial charge is 0.490 e. The lowest BCUT2D eigenvalue weighted by molar-refractivity contribution is -0.124. The number of fused-ring (bicyclic) bond motifs is 1. The summed E-state index contributed by atoms with van der Waals surface area (Å²) in [5, 5.41) is 11.2. The topological polar surface area (TPSA) is 79.7 Å². The van der Waals surface area contributed by atoms with E-state index in [0.717, 1.165) is 68.0 Å². The van der Waals surface area contributed by atoms with Gasteiger partial charge in [0.15, 0.2) is 0 Å². The molecule has 0 saturated heterocycles. The number of pyridine rings is 1. The molecular weight excluding hydrogens is 532 g/mol. The Morgan fingerprint density at radius 3 is 2.41 bits per heavy atom. The molecule has 1 N–H and O–H groups in total. The van der Waals surface area contributed by atoms with Crippen LogP contribution in [0.25, 0.3) is 10.9 Å². The smallest absolute Gasteiger partial charge is 0.348 e. The van der Waals surface area contributed by atoms with E-state index in [0.29, 0.717) is 16.5 Å². The fourth-order valence-corrected chi connectivity index (χ4v) is 6.84. The van der Waals surface area contributed by atoms with E-state index in [2.05, 4.69) is 23.7 Å². The Morgan fingerprint density at radius 2 is 1.73 bits per heavy atom. The monoisotopic (exact) mass is 572 g/mol. The van der Waals surface area contributed by atoms with Gasteiger partial charge < -0.3 is 14.7 Å². The fraction of sp³-hybridized carbons (Fsp3) is 0.500. The van der Waals surface area contributed by atoms with Gasteiger partial charge in [-0.15, -0.1) is 11.3 Å². The van der Waals surface area contributed by atoms with Gasteiger partial charge in [-0.25, -0.2) is 4.79 Å². The van der Waals surface area contributed by atoms with Crippen LogP contribution in [0, 0.1) is 29.1 Å². The van der Waals surface area contributed by atoms with Gasteiger partial charge in [-0.1, -0.05) is 30.9 Å². The zero-order valence-electron chi connectivity index (χ0n) is 24.5. The van der Waals surface area contributed by atoms with E-state index in [4.69, 9.17) is 4.74 Å². The maximum Gasteiger partial charge on any atom is 0.348 e. The molecule has 1 amide bonds. The Bertz CT molecular complexity index is 1460. The van der Waals surface area contributed by atoms with E-state index in [1.165, 1.54) is 11.3 Å². The molecule has 2 saturated carbocycles. The van der Waals surface area contributed by atoms with E-state index >= 15 is 0 Å². The minimum atomic E-state index is -1.01. The van der Waals surface area contributed by atoms with Crippen LogP contribution >= 0.6 is 11.3 Å². The Morgan fingerprint density at radius 1 is 1.02 bits per heavy atom. The lowest BCUT2D eigenvalue weighted by atomic mass is 9.81. The zero-order chi connectivity index (χ0) is 29.1. The second-order valence-electron chi connectivity index (χ2n) is 12.7. The zero-order valence-corrected chi connectivity index (χ0v) is 25.3. The molecule has 7 heteroatoms.